The van der Waals surface area contributed by atoms with Crippen LogP contribution in [0.3, 0.4) is 0 Å². The number of amides is 2. The fourth-order valence-corrected chi connectivity index (χ4v) is 13.2. The van der Waals surface area contributed by atoms with E-state index >= 15 is 0 Å². The second-order valence-electron chi connectivity index (χ2n) is 28.5. The van der Waals surface area contributed by atoms with Crippen LogP contribution in [0.25, 0.3) is 43.6 Å². The Balaban J connectivity index is 0.000000730. The second kappa shape index (κ2) is 56.7. The molecule has 124 heavy (non-hydrogen) atoms. The number of nitrogens with zero attached hydrogens (tertiary/aromatic N) is 11. The van der Waals surface area contributed by atoms with Crippen molar-refractivity contribution in [2.45, 2.75) is 107 Å². The van der Waals surface area contributed by atoms with E-state index in [2.05, 4.69) is 170 Å². The number of carbonyl (C=O) groups is 3. The van der Waals surface area contributed by atoms with Crippen molar-refractivity contribution in [3.8, 4) is 17.2 Å². The Bertz CT molecular complexity index is 5350. The Labute approximate surface area is 808 Å². The van der Waals surface area contributed by atoms with Gasteiger partial charge in [-0.05, 0) is 187 Å². The summed E-state index contributed by atoms with van der Waals surface area (Å²) in [5.74, 6) is 3.07. The van der Waals surface area contributed by atoms with Gasteiger partial charge >= 0.3 is 41.7 Å². The zero-order chi connectivity index (χ0) is 86.2. The molecule has 660 valence electrons. The van der Waals surface area contributed by atoms with E-state index in [9.17, 15) is 24.5 Å². The van der Waals surface area contributed by atoms with Crippen molar-refractivity contribution < 1.29 is 108 Å². The average Bonchev–Trinajstić information content (AvgIpc) is 1.67. The zero-order valence-electron chi connectivity index (χ0n) is 70.9. The number of hydrogen-bond acceptors (Lipinski definition) is 19. The van der Waals surface area contributed by atoms with Crippen molar-refractivity contribution in [2.75, 3.05) is 91.4 Å². The number of nitro benzene ring substituents is 1. The fourth-order valence-electron chi connectivity index (χ4n) is 11.3. The largest absolute Gasteiger partial charge is 1.00 e. The van der Waals surface area contributed by atoms with Crippen LogP contribution in [0, 0.1) is 24.0 Å². The number of fused-ring (bicyclic) bond motifs is 4. The summed E-state index contributed by atoms with van der Waals surface area (Å²) < 4.78 is 36.4. The predicted molar refractivity (Wildman–Crippen MR) is 508 cm³/mol. The molecule has 27 nitrogen and oxygen atoms in total. The van der Waals surface area contributed by atoms with Gasteiger partial charge in [0.2, 0.25) is 5.91 Å². The molecule has 2 aliphatic heterocycles. The van der Waals surface area contributed by atoms with E-state index in [0.717, 1.165) is 159 Å². The van der Waals surface area contributed by atoms with Gasteiger partial charge in [-0.1, -0.05) is 161 Å². The molecule has 35 heteroatoms. The van der Waals surface area contributed by atoms with Crippen LogP contribution in [0.5, 0.6) is 17.2 Å². The van der Waals surface area contributed by atoms with E-state index in [-0.39, 0.29) is 109 Å². The molecule has 9 aromatic carbocycles. The van der Waals surface area contributed by atoms with E-state index in [1.165, 1.54) is 28.8 Å². The Morgan fingerprint density at radius 1 is 0.524 bits per heavy atom. The van der Waals surface area contributed by atoms with Gasteiger partial charge in [0.05, 0.1) is 86.2 Å². The van der Waals surface area contributed by atoms with E-state index in [1.54, 1.807) is 56.4 Å². The first-order chi connectivity index (χ1) is 56.3. The van der Waals surface area contributed by atoms with Crippen LogP contribution < -0.4 is 59.7 Å². The molecule has 0 radical (unpaired) electrons. The Hall–Kier alpha value is -8.38. The Kier molecular flexibility index (Phi) is 51.9. The van der Waals surface area contributed by atoms with Gasteiger partial charge in [-0.2, -0.15) is 20.4 Å². The molecule has 15 rings (SSSR count). The summed E-state index contributed by atoms with van der Waals surface area (Å²) in [6, 6.07) is 59.0. The summed E-state index contributed by atoms with van der Waals surface area (Å²) >= 11 is 22.3. The van der Waals surface area contributed by atoms with Crippen LogP contribution in [0.2, 0.25) is 0 Å². The van der Waals surface area contributed by atoms with E-state index < -0.39 is 5.60 Å². The molecule has 4 aromatic heterocycles. The standard InChI is InChI=1S/C24H30N4O3.C15H13BrN2O.C9H7BrN2O.C9H18N2O2.C8H9ClO.C7H5BrN2.C7H6BrNO2.C7H8BrN.CH4O.2CH4.Na.2H2O.Zn/c1-24(2,3)31-23(29)27-13-11-26(12-14-27)20-8-7-19-16-25-28(22(19)15-20)17-18-5-9-21(30-4)10-6-18;1-19-14-6-2-11(3-7-14)10-18-15-8-13(16)5-4-12(15)9-17-18;1-6(13)12-9-4-8(10)3-2-7(9)5-11-12;1-9(2,3)13-8(12)11-6-4-10-5-7-11;1-10-8-4-2-7(6-9)3-5-8;8-6-2-1-5-4-9-10-7(5)3-6;1-5-2-3-6(8)4-7(5)9(10)11;1-5-2-3-6(8)4-7(5)9;1-2;;;;;;/h5-10,15-16H,11-14,17H2,1-4H3;2-9H,10H2,1H3;2-5H,1H3;10H,4-7H2,1-3H3;2-5H,6H2,1H3;1-4H,(H,9,10);2-4H,1H3;2-4H,9H2,1H3;2H,1H3;2*1H4;;2*1H2;/q;;;;;;;;;;;+1;;;/p-1. The molecule has 2 aliphatic rings. The number of alkyl halides is 1. The molecular formula is C89H111Br5ClN14NaO13Zn. The van der Waals surface area contributed by atoms with Gasteiger partial charge in [-0.3, -0.25) is 29.4 Å². The molecule has 0 spiro atoms. The Morgan fingerprint density at radius 3 is 1.34 bits per heavy atom. The molecule has 0 saturated carbocycles. The maximum atomic E-state index is 12.3. The smallest absolute Gasteiger partial charge is 0.870 e. The molecule has 13 aromatic rings. The number of ether oxygens (including phenoxy) is 5. The number of aromatic nitrogens is 8. The molecule has 8 N–H and O–H groups in total. The summed E-state index contributed by atoms with van der Waals surface area (Å²) in [6.45, 7) is 24.0. The first-order valence-electron chi connectivity index (χ1n) is 37.3. The number of benzene rings is 9. The quantitative estimate of drug-likeness (QED) is 0.0325. The van der Waals surface area contributed by atoms with Gasteiger partial charge in [0, 0.05) is 159 Å². The first-order valence-corrected chi connectivity index (χ1v) is 41.8. The number of aliphatic hydroxyl groups excluding tert-OH is 1. The Morgan fingerprint density at radius 2 is 0.911 bits per heavy atom. The number of nitro groups is 1. The third kappa shape index (κ3) is 37.3. The number of nitrogen functional groups attached to an aromatic ring is 1. The minimum absolute atomic E-state index is 0. The molecular weight excluding hydrogens is 2000 g/mol. The number of nitrogens with two attached hydrogens (primary N) is 1. The van der Waals surface area contributed by atoms with Crippen molar-refractivity contribution in [3.63, 3.8) is 0 Å². The van der Waals surface area contributed by atoms with Gasteiger partial charge in [0.1, 0.15) is 28.5 Å². The number of anilines is 2. The van der Waals surface area contributed by atoms with Crippen LogP contribution in [0.4, 0.5) is 26.7 Å². The first kappa shape index (κ1) is 114. The summed E-state index contributed by atoms with van der Waals surface area (Å²) in [4.78, 5) is 50.7. The van der Waals surface area contributed by atoms with Gasteiger partial charge in [-0.15, -0.1) is 11.6 Å². The number of nitrogens with one attached hydrogen (secondary N) is 2. The van der Waals surface area contributed by atoms with Crippen LogP contribution in [-0.4, -0.2) is 180 Å². The summed E-state index contributed by atoms with van der Waals surface area (Å²) in [5.41, 5.74) is 16.3. The maximum absolute atomic E-state index is 12.3. The average molecular weight is 2110 g/mol. The summed E-state index contributed by atoms with van der Waals surface area (Å²) in [5, 5.41) is 44.7. The molecule has 0 bridgehead atoms. The number of aryl methyl sites for hydroxylation is 2. The molecule has 0 unspecified atom stereocenters. The molecule has 2 amide bonds. The van der Waals surface area contributed by atoms with E-state index in [4.69, 9.17) is 46.1 Å². The normalized spacial score (nSPS) is 11.6. The topological polar surface area (TPSA) is 352 Å². The van der Waals surface area contributed by atoms with Gasteiger partial charge < -0.3 is 65.5 Å². The number of hydrogen-bond donors (Lipinski definition) is 4. The van der Waals surface area contributed by atoms with Crippen LogP contribution in [0.1, 0.15) is 95.9 Å². The van der Waals surface area contributed by atoms with Crippen molar-refractivity contribution in [1.29, 1.82) is 0 Å². The number of carbonyl (C=O) groups excluding carboxylic acids is 3. The fraction of sp³-hybridized carbons (Fsp3) is 0.315. The zero-order valence-corrected chi connectivity index (χ0v) is 84.5. The van der Waals surface area contributed by atoms with Crippen LogP contribution in [-0.2, 0) is 47.9 Å². The molecule has 6 heterocycles. The van der Waals surface area contributed by atoms with E-state index in [0.29, 0.717) is 31.1 Å². The van der Waals surface area contributed by atoms with Gasteiger partial charge in [0.15, 0.2) is 0 Å². The summed E-state index contributed by atoms with van der Waals surface area (Å²) in [6.07, 6.45) is 6.86. The van der Waals surface area contributed by atoms with Crippen LogP contribution >= 0.6 is 91.3 Å². The minimum atomic E-state index is -0.471. The SMILES string of the molecule is Brc1ccc2cn[nH]c2c1.C.C.CC(=O)n1ncc2ccc(Br)cc21.CC(C)(C)OC(=O)N1CCNCC1.CO.COc1ccc(CCl)cc1.COc1ccc(Cn2ncc3ccc(Br)cc32)cc1.COc1ccc(Cn2ncc3ccc(N4CCN(C(=O)OC(C)(C)C)CC4)cc32)cc1.Cc1ccc(Br)cc1N.Cc1ccc(Br)cc1[N+](=O)[O-].O.[Na+].[OH-].[Zn]. The molecule has 0 aliphatic carbocycles. The minimum Gasteiger partial charge on any atom is -0.870 e. The summed E-state index contributed by atoms with van der Waals surface area (Å²) in [7, 11) is 5.99. The predicted octanol–water partition coefficient (Wildman–Crippen LogP) is 17.9. The van der Waals surface area contributed by atoms with E-state index in [1.807, 2.05) is 186 Å². The van der Waals surface area contributed by atoms with Crippen molar-refractivity contribution in [3.05, 3.63) is 267 Å². The number of aliphatic hydroxyl groups is 1. The number of methoxy groups -OCH3 is 3. The number of piperazine rings is 2. The second-order valence-corrected chi connectivity index (χ2v) is 33.3. The molecule has 0 atom stereocenters. The maximum Gasteiger partial charge on any atom is 1.00 e. The number of halogens is 6. The van der Waals surface area contributed by atoms with Crippen molar-refractivity contribution in [1.82, 2.24) is 54.7 Å². The third-order valence-electron chi connectivity index (χ3n) is 17.4. The number of H-pyrrole nitrogens is 1. The van der Waals surface area contributed by atoms with Gasteiger partial charge in [0.25, 0.3) is 5.69 Å². The third-order valence-corrected chi connectivity index (χ3v) is 20.2. The van der Waals surface area contributed by atoms with Crippen molar-refractivity contribution >= 4 is 170 Å². The molecule has 2 saturated heterocycles. The van der Waals surface area contributed by atoms with Crippen molar-refractivity contribution in [2.24, 2.45) is 0 Å². The number of aromatic amines is 1. The van der Waals surface area contributed by atoms with Crippen LogP contribution in [0.15, 0.2) is 229 Å². The van der Waals surface area contributed by atoms with Gasteiger partial charge in [-0.25, -0.2) is 14.3 Å². The monoisotopic (exact) mass is 2100 g/mol. The molecule has 2 fully saturated rings. The number of rotatable bonds is 10.